The van der Waals surface area contributed by atoms with Crippen molar-refractivity contribution < 1.29 is 10.2 Å². The summed E-state index contributed by atoms with van der Waals surface area (Å²) in [5.74, 6) is 0.767. The Bertz CT molecular complexity index is 800. The molecule has 2 aromatic heterocycles. The second kappa shape index (κ2) is 7.91. The molecule has 0 fully saturated rings. The molecule has 0 aliphatic carbocycles. The number of hydrogen-bond acceptors (Lipinski definition) is 5. The average molecular weight is 357 g/mol. The number of imidazole rings is 1. The maximum Gasteiger partial charge on any atom is 0.169 e. The van der Waals surface area contributed by atoms with Gasteiger partial charge in [0.15, 0.2) is 10.8 Å². The van der Waals surface area contributed by atoms with Gasteiger partial charge < -0.3 is 14.8 Å². The number of benzene rings is 1. The van der Waals surface area contributed by atoms with Gasteiger partial charge in [0, 0.05) is 29.9 Å². The molecule has 2 heterocycles. The smallest absolute Gasteiger partial charge is 0.169 e. The molecule has 25 heavy (non-hydrogen) atoms. The van der Waals surface area contributed by atoms with Crippen LogP contribution in [0.1, 0.15) is 26.2 Å². The van der Waals surface area contributed by atoms with Gasteiger partial charge in [0.05, 0.1) is 17.8 Å². The van der Waals surface area contributed by atoms with Gasteiger partial charge in [-0.1, -0.05) is 37.3 Å². The van der Waals surface area contributed by atoms with E-state index < -0.39 is 5.60 Å². The molecule has 3 rings (SSSR count). The van der Waals surface area contributed by atoms with Crippen LogP contribution >= 0.6 is 11.3 Å². The van der Waals surface area contributed by atoms with E-state index in [0.717, 1.165) is 22.1 Å². The van der Waals surface area contributed by atoms with Crippen molar-refractivity contribution in [2.75, 3.05) is 6.61 Å². The summed E-state index contributed by atoms with van der Waals surface area (Å²) in [5.41, 5.74) is 1.16. The Hall–Kier alpha value is -2.02. The van der Waals surface area contributed by atoms with E-state index in [9.17, 15) is 5.11 Å². The van der Waals surface area contributed by atoms with Crippen molar-refractivity contribution in [3.8, 4) is 22.1 Å². The molecular formula is C19H23N3O2S. The summed E-state index contributed by atoms with van der Waals surface area (Å²) in [5, 5.41) is 22.7. The molecule has 0 saturated carbocycles. The van der Waals surface area contributed by atoms with E-state index in [1.807, 2.05) is 53.4 Å². The van der Waals surface area contributed by atoms with Crippen LogP contribution < -0.4 is 0 Å². The highest BCUT2D eigenvalue weighted by molar-refractivity contribution is 7.13. The quantitative estimate of drug-likeness (QED) is 0.646. The topological polar surface area (TPSA) is 71.2 Å². The Morgan fingerprint density at radius 1 is 1.24 bits per heavy atom. The first-order chi connectivity index (χ1) is 12.1. The third-order valence-corrected chi connectivity index (χ3v) is 5.24. The predicted molar refractivity (Wildman–Crippen MR) is 100 cm³/mol. The first-order valence-corrected chi connectivity index (χ1v) is 9.39. The highest BCUT2D eigenvalue weighted by atomic mass is 32.1. The van der Waals surface area contributed by atoms with Crippen molar-refractivity contribution in [3.63, 3.8) is 0 Å². The van der Waals surface area contributed by atoms with E-state index in [1.165, 1.54) is 0 Å². The van der Waals surface area contributed by atoms with Crippen LogP contribution in [0.3, 0.4) is 0 Å². The first kappa shape index (κ1) is 17.8. The summed E-state index contributed by atoms with van der Waals surface area (Å²) in [6, 6.07) is 10.1. The van der Waals surface area contributed by atoms with E-state index in [2.05, 4.69) is 4.98 Å². The zero-order chi connectivity index (χ0) is 17.7. The van der Waals surface area contributed by atoms with Crippen LogP contribution in [0.2, 0.25) is 0 Å². The summed E-state index contributed by atoms with van der Waals surface area (Å²) >= 11 is 1.55. The van der Waals surface area contributed by atoms with Gasteiger partial charge in [0.1, 0.15) is 0 Å². The summed E-state index contributed by atoms with van der Waals surface area (Å²) in [6.07, 6.45) is 5.38. The lowest BCUT2D eigenvalue weighted by atomic mass is 9.94. The second-order valence-corrected chi connectivity index (χ2v) is 7.05. The zero-order valence-electron chi connectivity index (χ0n) is 14.3. The minimum absolute atomic E-state index is 0.0893. The van der Waals surface area contributed by atoms with Crippen LogP contribution in [0.5, 0.6) is 0 Å². The molecule has 0 radical (unpaired) electrons. The predicted octanol–water partition coefficient (Wildman–Crippen LogP) is 3.59. The number of thiazole rings is 1. The fourth-order valence-electron chi connectivity index (χ4n) is 2.85. The van der Waals surface area contributed by atoms with Crippen LogP contribution in [0.25, 0.3) is 22.1 Å². The van der Waals surface area contributed by atoms with E-state index in [-0.39, 0.29) is 6.61 Å². The molecule has 1 aromatic carbocycles. The molecule has 5 nitrogen and oxygen atoms in total. The van der Waals surface area contributed by atoms with Crippen LogP contribution in [-0.2, 0) is 6.54 Å². The van der Waals surface area contributed by atoms with Crippen LogP contribution in [-0.4, -0.2) is 37.0 Å². The van der Waals surface area contributed by atoms with Gasteiger partial charge in [-0.25, -0.2) is 9.97 Å². The lowest BCUT2D eigenvalue weighted by Gasteiger charge is -2.27. The maximum atomic E-state index is 10.8. The normalized spacial score (nSPS) is 13.7. The number of aromatic nitrogens is 3. The van der Waals surface area contributed by atoms with Crippen LogP contribution in [0.15, 0.2) is 48.1 Å². The lowest BCUT2D eigenvalue weighted by Crippen LogP contribution is -2.33. The molecule has 1 unspecified atom stereocenters. The van der Waals surface area contributed by atoms with Crippen molar-refractivity contribution in [2.24, 2.45) is 0 Å². The number of aliphatic hydroxyl groups is 2. The largest absolute Gasteiger partial charge is 0.396 e. The third-order valence-electron chi connectivity index (χ3n) is 4.40. The SMILES string of the molecule is CCC(O)(CCCO)Cn1ccnc1-c1nc(-c2ccccc2)cs1. The lowest BCUT2D eigenvalue weighted by molar-refractivity contribution is 0.00528. The highest BCUT2D eigenvalue weighted by Crippen LogP contribution is 2.29. The fourth-order valence-corrected chi connectivity index (χ4v) is 3.68. The van der Waals surface area contributed by atoms with Gasteiger partial charge in [-0.3, -0.25) is 0 Å². The molecule has 0 spiro atoms. The average Bonchev–Trinajstić information content (AvgIpc) is 3.30. The molecule has 0 bridgehead atoms. The van der Waals surface area contributed by atoms with Crippen molar-refractivity contribution in [1.82, 2.24) is 14.5 Å². The molecule has 0 amide bonds. The van der Waals surface area contributed by atoms with E-state index in [0.29, 0.717) is 25.8 Å². The summed E-state index contributed by atoms with van der Waals surface area (Å²) < 4.78 is 1.95. The standard InChI is InChI=1S/C19H23N3O2S/c1-2-19(24,9-6-12-23)14-22-11-10-20-17(22)18-21-16(13-25-18)15-7-4-3-5-8-15/h3-5,7-8,10-11,13,23-24H,2,6,9,12,14H2,1H3. The minimum Gasteiger partial charge on any atom is -0.396 e. The van der Waals surface area contributed by atoms with E-state index in [1.54, 1.807) is 17.5 Å². The Balaban J connectivity index is 1.83. The molecule has 0 saturated heterocycles. The molecule has 2 N–H and O–H groups in total. The Morgan fingerprint density at radius 2 is 2.04 bits per heavy atom. The second-order valence-electron chi connectivity index (χ2n) is 6.19. The number of hydrogen-bond donors (Lipinski definition) is 2. The molecule has 0 aliphatic heterocycles. The van der Waals surface area contributed by atoms with E-state index in [4.69, 9.17) is 10.1 Å². The van der Waals surface area contributed by atoms with Gasteiger partial charge in [-0.2, -0.15) is 0 Å². The van der Waals surface area contributed by atoms with Gasteiger partial charge in [0.25, 0.3) is 0 Å². The van der Waals surface area contributed by atoms with Crippen molar-refractivity contribution in [3.05, 3.63) is 48.1 Å². The number of rotatable bonds is 8. The number of aliphatic hydroxyl groups excluding tert-OH is 1. The molecular weight excluding hydrogens is 334 g/mol. The minimum atomic E-state index is -0.850. The van der Waals surface area contributed by atoms with Crippen molar-refractivity contribution in [1.29, 1.82) is 0 Å². The molecule has 0 aliphatic rings. The van der Waals surface area contributed by atoms with Crippen molar-refractivity contribution >= 4 is 11.3 Å². The van der Waals surface area contributed by atoms with Crippen molar-refractivity contribution in [2.45, 2.75) is 38.3 Å². The zero-order valence-corrected chi connectivity index (χ0v) is 15.1. The molecule has 3 aromatic rings. The molecule has 6 heteroatoms. The van der Waals surface area contributed by atoms with Crippen LogP contribution in [0.4, 0.5) is 0 Å². The Labute approximate surface area is 151 Å². The van der Waals surface area contributed by atoms with E-state index >= 15 is 0 Å². The fraction of sp³-hybridized carbons (Fsp3) is 0.368. The Kier molecular flexibility index (Phi) is 5.63. The number of nitrogens with zero attached hydrogens (tertiary/aromatic N) is 3. The summed E-state index contributed by atoms with van der Waals surface area (Å²) in [4.78, 5) is 9.16. The van der Waals surface area contributed by atoms with Gasteiger partial charge in [-0.15, -0.1) is 11.3 Å². The van der Waals surface area contributed by atoms with Gasteiger partial charge in [0.2, 0.25) is 0 Å². The Morgan fingerprint density at radius 3 is 2.76 bits per heavy atom. The monoisotopic (exact) mass is 357 g/mol. The third kappa shape index (κ3) is 4.15. The molecule has 132 valence electrons. The first-order valence-electron chi connectivity index (χ1n) is 8.51. The summed E-state index contributed by atoms with van der Waals surface area (Å²) in [6.45, 7) is 2.50. The van der Waals surface area contributed by atoms with Gasteiger partial charge >= 0.3 is 0 Å². The highest BCUT2D eigenvalue weighted by Gasteiger charge is 2.26. The summed E-state index contributed by atoms with van der Waals surface area (Å²) in [7, 11) is 0. The molecule has 1 atom stereocenters. The van der Waals surface area contributed by atoms with Gasteiger partial charge in [-0.05, 0) is 19.3 Å². The van der Waals surface area contributed by atoms with Crippen LogP contribution in [0, 0.1) is 0 Å². The maximum absolute atomic E-state index is 10.8.